The molecule has 2 aromatic carbocycles. The number of rotatable bonds is 8. The van der Waals surface area contributed by atoms with Crippen LogP contribution in [0.15, 0.2) is 77.2 Å². The zero-order valence-electron chi connectivity index (χ0n) is 18.6. The van der Waals surface area contributed by atoms with E-state index >= 15 is 0 Å². The van der Waals surface area contributed by atoms with E-state index in [4.69, 9.17) is 17.2 Å². The quantitative estimate of drug-likeness (QED) is 0.147. The van der Waals surface area contributed by atoms with E-state index in [1.807, 2.05) is 60.7 Å². The molecular weight excluding hydrogens is 469 g/mol. The summed E-state index contributed by atoms with van der Waals surface area (Å²) in [4.78, 5) is 22.8. The fraction of sp³-hybridized carbons (Fsp3) is 0.320. The topological polar surface area (TPSA) is 41.4 Å². The molecule has 0 atom stereocenters. The summed E-state index contributed by atoms with van der Waals surface area (Å²) < 4.78 is 2.72. The van der Waals surface area contributed by atoms with Crippen LogP contribution in [0.5, 0.6) is 0 Å². The first-order chi connectivity index (χ1) is 16.2. The highest BCUT2D eigenvalue weighted by Crippen LogP contribution is 2.23. The fourth-order valence-corrected chi connectivity index (χ4v) is 6.18. The minimum atomic E-state index is -0.0274. The number of piperazine rings is 1. The molecule has 0 unspecified atom stereocenters. The molecule has 8 heteroatoms. The van der Waals surface area contributed by atoms with Gasteiger partial charge in [0.2, 0.25) is 0 Å². The lowest BCUT2D eigenvalue weighted by molar-refractivity contribution is 0.202. The highest BCUT2D eigenvalue weighted by Gasteiger charge is 2.18. The number of benzene rings is 2. The van der Waals surface area contributed by atoms with Crippen molar-refractivity contribution in [1.82, 2.24) is 19.4 Å². The van der Waals surface area contributed by atoms with Gasteiger partial charge in [-0.2, -0.15) is 0 Å². The maximum atomic E-state index is 13.2. The van der Waals surface area contributed by atoms with E-state index in [1.54, 1.807) is 28.1 Å². The molecule has 1 aliphatic heterocycles. The van der Waals surface area contributed by atoms with Crippen LogP contribution in [0.2, 0.25) is 0 Å². The van der Waals surface area contributed by atoms with Crippen LogP contribution in [0.1, 0.15) is 6.42 Å². The van der Waals surface area contributed by atoms with Crippen molar-refractivity contribution in [3.05, 3.63) is 77.6 Å². The van der Waals surface area contributed by atoms with Gasteiger partial charge in [-0.25, -0.2) is 4.98 Å². The van der Waals surface area contributed by atoms with Crippen LogP contribution in [0, 0.1) is 0 Å². The van der Waals surface area contributed by atoms with E-state index in [0.29, 0.717) is 5.39 Å². The van der Waals surface area contributed by atoms with Crippen LogP contribution in [0.25, 0.3) is 16.6 Å². The Morgan fingerprint density at radius 1 is 1.03 bits per heavy atom. The molecule has 3 aromatic rings. The lowest BCUT2D eigenvalue weighted by atomic mass is 10.2. The van der Waals surface area contributed by atoms with Crippen LogP contribution in [-0.2, 0) is 0 Å². The smallest absolute Gasteiger partial charge is 0.266 e. The van der Waals surface area contributed by atoms with Gasteiger partial charge >= 0.3 is 0 Å². The van der Waals surface area contributed by atoms with Gasteiger partial charge in [0.25, 0.3) is 5.56 Å². The van der Waals surface area contributed by atoms with Crippen molar-refractivity contribution < 1.29 is 0 Å². The van der Waals surface area contributed by atoms with Crippen molar-refractivity contribution in [3.63, 3.8) is 0 Å². The van der Waals surface area contributed by atoms with Gasteiger partial charge < -0.3 is 4.90 Å². The van der Waals surface area contributed by atoms with Gasteiger partial charge in [-0.15, -0.1) is 6.58 Å². The van der Waals surface area contributed by atoms with E-state index < -0.39 is 0 Å². The van der Waals surface area contributed by atoms with E-state index in [9.17, 15) is 4.79 Å². The Morgan fingerprint density at radius 3 is 2.52 bits per heavy atom. The van der Waals surface area contributed by atoms with Gasteiger partial charge in [-0.1, -0.05) is 72.1 Å². The SMILES string of the molecule is C=CCN1CCN(C(=S)SCCCSc2nc3ccccc3c(=O)n2-c2ccccc2)CC1. The second-order valence-electron chi connectivity index (χ2n) is 7.78. The predicted octanol–water partition coefficient (Wildman–Crippen LogP) is 4.69. The van der Waals surface area contributed by atoms with Crippen LogP contribution < -0.4 is 5.56 Å². The van der Waals surface area contributed by atoms with Crippen molar-refractivity contribution in [2.75, 3.05) is 44.2 Å². The number of para-hydroxylation sites is 2. The summed E-state index contributed by atoms with van der Waals surface area (Å²) in [6.07, 6.45) is 2.95. The number of thiocarbonyl (C=S) groups is 1. The van der Waals surface area contributed by atoms with Crippen LogP contribution in [0.3, 0.4) is 0 Å². The zero-order valence-corrected chi connectivity index (χ0v) is 21.0. The first-order valence-corrected chi connectivity index (χ1v) is 13.5. The minimum Gasteiger partial charge on any atom is -0.355 e. The van der Waals surface area contributed by atoms with E-state index in [0.717, 1.165) is 71.3 Å². The second kappa shape index (κ2) is 11.8. The van der Waals surface area contributed by atoms with Gasteiger partial charge in [-0.3, -0.25) is 14.3 Å². The Labute approximate surface area is 208 Å². The number of hydrogen-bond donors (Lipinski definition) is 0. The number of nitrogens with zero attached hydrogens (tertiary/aromatic N) is 4. The van der Waals surface area contributed by atoms with Gasteiger partial charge in [0, 0.05) is 44.2 Å². The van der Waals surface area contributed by atoms with Crippen molar-refractivity contribution in [2.45, 2.75) is 11.6 Å². The molecule has 4 rings (SSSR count). The molecule has 5 nitrogen and oxygen atoms in total. The maximum absolute atomic E-state index is 13.2. The van der Waals surface area contributed by atoms with Crippen molar-refractivity contribution in [1.29, 1.82) is 0 Å². The molecule has 0 saturated carbocycles. The molecule has 33 heavy (non-hydrogen) atoms. The molecule has 172 valence electrons. The third kappa shape index (κ3) is 6.06. The molecule has 0 N–H and O–H groups in total. The zero-order chi connectivity index (χ0) is 23.0. The molecule has 1 saturated heterocycles. The summed E-state index contributed by atoms with van der Waals surface area (Å²) in [6.45, 7) is 8.81. The van der Waals surface area contributed by atoms with Crippen LogP contribution in [0.4, 0.5) is 0 Å². The number of aromatic nitrogens is 2. The van der Waals surface area contributed by atoms with Crippen LogP contribution in [-0.4, -0.2) is 67.9 Å². The second-order valence-corrected chi connectivity index (χ2v) is 10.6. The molecule has 0 radical (unpaired) electrons. The normalized spacial score (nSPS) is 14.5. The highest BCUT2D eigenvalue weighted by atomic mass is 32.2. The molecule has 1 fully saturated rings. The number of fused-ring (bicyclic) bond motifs is 1. The molecule has 2 heterocycles. The van der Waals surface area contributed by atoms with E-state index in [2.05, 4.69) is 16.4 Å². The summed E-state index contributed by atoms with van der Waals surface area (Å²) >= 11 is 9.05. The Kier molecular flexibility index (Phi) is 8.61. The highest BCUT2D eigenvalue weighted by molar-refractivity contribution is 8.22. The fourth-order valence-electron chi connectivity index (χ4n) is 3.78. The Hall–Kier alpha value is -2.13. The predicted molar refractivity (Wildman–Crippen MR) is 146 cm³/mol. The third-order valence-electron chi connectivity index (χ3n) is 5.52. The van der Waals surface area contributed by atoms with E-state index in [-0.39, 0.29) is 5.56 Å². The molecule has 0 bridgehead atoms. The molecule has 0 aliphatic carbocycles. The summed E-state index contributed by atoms with van der Waals surface area (Å²) in [5.74, 6) is 1.84. The standard InChI is InChI=1S/C25H28N4OS3/c1-2-13-27-14-16-28(17-15-27)25(31)33-19-8-18-32-24-26-22-12-7-6-11-21(22)23(30)29(24)20-9-4-3-5-10-20/h2-7,9-12H,1,8,13-19H2. The maximum Gasteiger partial charge on any atom is 0.266 e. The largest absolute Gasteiger partial charge is 0.355 e. The molecule has 1 aliphatic rings. The lowest BCUT2D eigenvalue weighted by Gasteiger charge is -2.35. The van der Waals surface area contributed by atoms with Crippen molar-refractivity contribution >= 4 is 51.0 Å². The molecular formula is C25H28N4OS3. The van der Waals surface area contributed by atoms with Gasteiger partial charge in [0.05, 0.1) is 16.6 Å². The summed E-state index contributed by atoms with van der Waals surface area (Å²) in [6, 6.07) is 17.3. The monoisotopic (exact) mass is 496 g/mol. The summed E-state index contributed by atoms with van der Waals surface area (Å²) in [5.41, 5.74) is 1.55. The van der Waals surface area contributed by atoms with E-state index in [1.165, 1.54) is 0 Å². The minimum absolute atomic E-state index is 0.0274. The first-order valence-electron chi connectivity index (χ1n) is 11.1. The average molecular weight is 497 g/mol. The number of hydrogen-bond acceptors (Lipinski definition) is 6. The molecule has 0 amide bonds. The summed E-state index contributed by atoms with van der Waals surface area (Å²) in [7, 11) is 0. The average Bonchev–Trinajstić information content (AvgIpc) is 2.85. The van der Waals surface area contributed by atoms with Crippen molar-refractivity contribution in [2.24, 2.45) is 0 Å². The summed E-state index contributed by atoms with van der Waals surface area (Å²) in [5, 5.41) is 1.37. The first kappa shape index (κ1) is 24.0. The van der Waals surface area contributed by atoms with Crippen LogP contribution >= 0.6 is 35.7 Å². The van der Waals surface area contributed by atoms with Gasteiger partial charge in [0.15, 0.2) is 5.16 Å². The third-order valence-corrected chi connectivity index (χ3v) is 8.16. The van der Waals surface area contributed by atoms with Gasteiger partial charge in [-0.05, 0) is 30.7 Å². The Bertz CT molecular complexity index is 1160. The van der Waals surface area contributed by atoms with Crippen molar-refractivity contribution in [3.8, 4) is 5.69 Å². The Balaban J connectivity index is 1.35. The molecule has 1 aromatic heterocycles. The van der Waals surface area contributed by atoms with Gasteiger partial charge in [0.1, 0.15) is 4.32 Å². The Morgan fingerprint density at radius 2 is 1.76 bits per heavy atom. The number of thioether (sulfide) groups is 2. The molecule has 0 spiro atoms. The lowest BCUT2D eigenvalue weighted by Crippen LogP contribution is -2.47.